The zero-order chi connectivity index (χ0) is 16.2. The van der Waals surface area contributed by atoms with E-state index >= 15 is 0 Å². The summed E-state index contributed by atoms with van der Waals surface area (Å²) >= 11 is 0. The number of hydrogen-bond donors (Lipinski definition) is 4. The molecule has 0 radical (unpaired) electrons. The van der Waals surface area contributed by atoms with Crippen molar-refractivity contribution >= 4 is 11.8 Å². The van der Waals surface area contributed by atoms with Gasteiger partial charge in [0.25, 0.3) is 0 Å². The molecular formula is C15H27N5O2. The van der Waals surface area contributed by atoms with Gasteiger partial charge >= 0.3 is 6.03 Å². The van der Waals surface area contributed by atoms with E-state index in [0.29, 0.717) is 13.0 Å². The largest absolute Gasteiger partial charge is 0.387 e. The highest BCUT2D eigenvalue weighted by Gasteiger charge is 2.31. The van der Waals surface area contributed by atoms with Crippen LogP contribution in [-0.2, 0) is 0 Å². The highest BCUT2D eigenvalue weighted by Crippen LogP contribution is 2.23. The van der Waals surface area contributed by atoms with Crippen molar-refractivity contribution in [1.82, 2.24) is 20.4 Å². The van der Waals surface area contributed by atoms with Crippen LogP contribution in [0.1, 0.15) is 44.7 Å². The lowest BCUT2D eigenvalue weighted by atomic mass is 10.0. The van der Waals surface area contributed by atoms with Crippen molar-refractivity contribution in [3.63, 3.8) is 0 Å². The van der Waals surface area contributed by atoms with Crippen LogP contribution >= 0.6 is 0 Å². The molecule has 1 aromatic heterocycles. The van der Waals surface area contributed by atoms with Gasteiger partial charge in [-0.1, -0.05) is 13.8 Å². The smallest absolute Gasteiger partial charge is 0.320 e. The van der Waals surface area contributed by atoms with Gasteiger partial charge in [0.05, 0.1) is 17.8 Å². The van der Waals surface area contributed by atoms with Gasteiger partial charge in [-0.2, -0.15) is 5.10 Å². The van der Waals surface area contributed by atoms with Crippen LogP contribution in [0.2, 0.25) is 0 Å². The van der Waals surface area contributed by atoms with Crippen LogP contribution in [0.25, 0.3) is 0 Å². The first-order chi connectivity index (χ1) is 10.5. The van der Waals surface area contributed by atoms with Crippen molar-refractivity contribution < 1.29 is 9.90 Å². The Labute approximate surface area is 131 Å². The summed E-state index contributed by atoms with van der Waals surface area (Å²) in [5.74, 6) is 0.725. The number of nitrogens with one attached hydrogen (secondary N) is 3. The number of aliphatic hydroxyl groups is 1. The molecule has 1 aromatic rings. The topological polar surface area (TPSA) is 91.2 Å². The first kappa shape index (κ1) is 16.8. The molecule has 0 aromatic carbocycles. The van der Waals surface area contributed by atoms with E-state index in [2.05, 4.69) is 34.9 Å². The lowest BCUT2D eigenvalue weighted by Crippen LogP contribution is -2.45. The van der Waals surface area contributed by atoms with Crippen LogP contribution in [0, 0.1) is 6.92 Å². The van der Waals surface area contributed by atoms with Crippen LogP contribution in [0.5, 0.6) is 0 Å². The van der Waals surface area contributed by atoms with Crippen LogP contribution in [0.15, 0.2) is 6.20 Å². The number of amides is 2. The van der Waals surface area contributed by atoms with E-state index in [1.807, 2.05) is 11.6 Å². The third-order valence-electron chi connectivity index (χ3n) is 4.30. The predicted molar refractivity (Wildman–Crippen MR) is 86.0 cm³/mol. The van der Waals surface area contributed by atoms with Crippen LogP contribution in [0.3, 0.4) is 0 Å². The maximum Gasteiger partial charge on any atom is 0.320 e. The molecule has 2 amide bonds. The van der Waals surface area contributed by atoms with Gasteiger partial charge in [-0.05, 0) is 32.7 Å². The number of nitrogens with zero attached hydrogens (tertiary/aromatic N) is 2. The Morgan fingerprint density at radius 2 is 2.27 bits per heavy atom. The van der Waals surface area contributed by atoms with E-state index in [1.165, 1.54) is 0 Å². The van der Waals surface area contributed by atoms with E-state index in [-0.39, 0.29) is 18.6 Å². The quantitative estimate of drug-likeness (QED) is 0.639. The van der Waals surface area contributed by atoms with Gasteiger partial charge in [0.1, 0.15) is 5.82 Å². The summed E-state index contributed by atoms with van der Waals surface area (Å²) in [6.07, 6.45) is 4.33. The lowest BCUT2D eigenvalue weighted by molar-refractivity contribution is 0.0640. The molecule has 0 bridgehead atoms. The summed E-state index contributed by atoms with van der Waals surface area (Å²) in [5, 5.41) is 23.3. The average molecular weight is 309 g/mol. The molecule has 1 saturated heterocycles. The zero-order valence-corrected chi connectivity index (χ0v) is 13.6. The summed E-state index contributed by atoms with van der Waals surface area (Å²) in [6, 6.07) is -0.0386. The Morgan fingerprint density at radius 1 is 1.55 bits per heavy atom. The maximum atomic E-state index is 12.1. The fraction of sp³-hybridized carbons (Fsp3) is 0.733. The summed E-state index contributed by atoms with van der Waals surface area (Å²) in [4.78, 5) is 12.1. The zero-order valence-electron chi connectivity index (χ0n) is 13.6. The molecule has 7 nitrogen and oxygen atoms in total. The van der Waals surface area contributed by atoms with Gasteiger partial charge in [0.2, 0.25) is 0 Å². The van der Waals surface area contributed by atoms with Crippen LogP contribution in [0.4, 0.5) is 10.6 Å². The van der Waals surface area contributed by atoms with Gasteiger partial charge in [-0.3, -0.25) is 5.32 Å². The van der Waals surface area contributed by atoms with E-state index in [4.69, 9.17) is 0 Å². The monoisotopic (exact) mass is 309 g/mol. The number of carbonyl (C=O) groups is 1. The fourth-order valence-corrected chi connectivity index (χ4v) is 2.79. The minimum Gasteiger partial charge on any atom is -0.387 e. The molecule has 7 heteroatoms. The molecule has 2 heterocycles. The minimum atomic E-state index is -0.845. The molecule has 0 saturated carbocycles. The first-order valence-electron chi connectivity index (χ1n) is 8.01. The van der Waals surface area contributed by atoms with Crippen molar-refractivity contribution in [3.8, 4) is 0 Å². The number of carbonyl (C=O) groups excluding carboxylic acids is 1. The molecule has 0 spiro atoms. The second-order valence-electron chi connectivity index (χ2n) is 6.05. The van der Waals surface area contributed by atoms with E-state index in [0.717, 1.165) is 30.8 Å². The minimum absolute atomic E-state index is 0.240. The number of urea groups is 1. The van der Waals surface area contributed by atoms with Gasteiger partial charge < -0.3 is 15.7 Å². The van der Waals surface area contributed by atoms with Gasteiger partial charge in [-0.15, -0.1) is 0 Å². The van der Waals surface area contributed by atoms with Crippen LogP contribution < -0.4 is 16.0 Å². The van der Waals surface area contributed by atoms with Gasteiger partial charge in [-0.25, -0.2) is 9.48 Å². The number of hydrogen-bond acceptors (Lipinski definition) is 4. The molecule has 22 heavy (non-hydrogen) atoms. The molecule has 0 unspecified atom stereocenters. The maximum absolute atomic E-state index is 12.1. The summed E-state index contributed by atoms with van der Waals surface area (Å²) in [7, 11) is 0. The number of aryl methyl sites for hydroxylation is 1. The van der Waals surface area contributed by atoms with Crippen molar-refractivity contribution in [2.45, 2.75) is 51.7 Å². The molecule has 1 atom stereocenters. The summed E-state index contributed by atoms with van der Waals surface area (Å²) in [6.45, 7) is 7.67. The second-order valence-corrected chi connectivity index (χ2v) is 6.05. The van der Waals surface area contributed by atoms with Crippen molar-refractivity contribution in [3.05, 3.63) is 11.8 Å². The molecule has 0 aliphatic carbocycles. The number of anilines is 1. The molecular weight excluding hydrogens is 282 g/mol. The number of rotatable bonds is 6. The van der Waals surface area contributed by atoms with Crippen LogP contribution in [-0.4, -0.2) is 46.2 Å². The first-order valence-corrected chi connectivity index (χ1v) is 8.01. The van der Waals surface area contributed by atoms with Crippen molar-refractivity contribution in [2.24, 2.45) is 0 Å². The molecule has 124 valence electrons. The number of aromatic nitrogens is 2. The number of β-amino-alcohol motifs (C(OH)–C–C–N with tert-alkyl or cyclic N) is 1. The molecule has 2 rings (SSSR count). The molecule has 1 aliphatic rings. The highest BCUT2D eigenvalue weighted by atomic mass is 16.3. The lowest BCUT2D eigenvalue weighted by Gasteiger charge is -2.22. The standard InChI is InChI=1S/C15H27N5O2/c1-4-12(5-2)20-13(11(3)8-18-20)19-14(21)17-10-15(22)6-7-16-9-15/h8,12,16,22H,4-7,9-10H2,1-3H3,(H2,17,19,21)/t15-/m1/s1. The van der Waals surface area contributed by atoms with E-state index in [1.54, 1.807) is 6.20 Å². The Hall–Kier alpha value is -1.60. The summed E-state index contributed by atoms with van der Waals surface area (Å²) in [5.41, 5.74) is 0.0884. The molecule has 4 N–H and O–H groups in total. The van der Waals surface area contributed by atoms with Crippen molar-refractivity contribution in [2.75, 3.05) is 25.0 Å². The van der Waals surface area contributed by atoms with E-state index in [9.17, 15) is 9.90 Å². The van der Waals surface area contributed by atoms with Gasteiger partial charge in [0.15, 0.2) is 0 Å². The fourth-order valence-electron chi connectivity index (χ4n) is 2.79. The predicted octanol–water partition coefficient (Wildman–Crippen LogP) is 1.40. The average Bonchev–Trinajstić information content (AvgIpc) is 3.08. The third-order valence-corrected chi connectivity index (χ3v) is 4.30. The Bertz CT molecular complexity index is 504. The van der Waals surface area contributed by atoms with Crippen molar-refractivity contribution in [1.29, 1.82) is 0 Å². The molecule has 1 aliphatic heterocycles. The SMILES string of the molecule is CCC(CC)n1ncc(C)c1NC(=O)NC[C@@]1(O)CCNC1. The molecule has 1 fully saturated rings. The van der Waals surface area contributed by atoms with Gasteiger partial charge in [0, 0.05) is 18.7 Å². The second kappa shape index (κ2) is 7.11. The normalized spacial score (nSPS) is 21.3. The Morgan fingerprint density at radius 3 is 2.86 bits per heavy atom. The Balaban J connectivity index is 1.97. The Kier molecular flexibility index (Phi) is 5.42. The summed E-state index contributed by atoms with van der Waals surface area (Å²) < 4.78 is 1.88. The third kappa shape index (κ3) is 3.78. The van der Waals surface area contributed by atoms with E-state index < -0.39 is 5.60 Å². The highest BCUT2D eigenvalue weighted by molar-refractivity contribution is 5.89.